The highest BCUT2D eigenvalue weighted by Crippen LogP contribution is 2.08. The van der Waals surface area contributed by atoms with Gasteiger partial charge < -0.3 is 10.2 Å². The Hall–Kier alpha value is -0.120. The quantitative estimate of drug-likeness (QED) is 0.606. The van der Waals surface area contributed by atoms with Crippen LogP contribution in [0.1, 0.15) is 6.92 Å². The summed E-state index contributed by atoms with van der Waals surface area (Å²) in [4.78, 5) is 5.16. The van der Waals surface area contributed by atoms with Gasteiger partial charge in [0.05, 0.1) is 0 Å². The van der Waals surface area contributed by atoms with Crippen LogP contribution in [0.4, 0.5) is 0 Å². The Morgan fingerprint density at radius 2 is 1.83 bits per heavy atom. The second-order valence-electron chi connectivity index (χ2n) is 3.78. The van der Waals surface area contributed by atoms with Crippen molar-refractivity contribution >= 4 is 0 Å². The average Bonchev–Trinajstić information content (AvgIpc) is 2.03. The molecule has 2 saturated heterocycles. The minimum absolute atomic E-state index is 0.851. The molecule has 0 radical (unpaired) electrons. The number of nitrogens with zero attached hydrogens (tertiary/aromatic N) is 2. The molecule has 2 heterocycles. The molecule has 0 atom stereocenters. The Kier molecular flexibility index (Phi) is 2.63. The van der Waals surface area contributed by atoms with E-state index >= 15 is 0 Å². The van der Waals surface area contributed by atoms with E-state index in [0.29, 0.717) is 0 Å². The summed E-state index contributed by atoms with van der Waals surface area (Å²) in [6, 6.07) is 0.851. The largest absolute Gasteiger partial charge is 0.314 e. The molecule has 0 aromatic rings. The summed E-state index contributed by atoms with van der Waals surface area (Å²) in [7, 11) is 0. The van der Waals surface area contributed by atoms with Crippen molar-refractivity contribution in [2.75, 3.05) is 45.8 Å². The smallest absolute Gasteiger partial charge is 0.0346 e. The molecule has 0 amide bonds. The highest BCUT2D eigenvalue weighted by Gasteiger charge is 2.26. The molecule has 3 nitrogen and oxygen atoms in total. The van der Waals surface area contributed by atoms with Crippen LogP contribution in [0.2, 0.25) is 0 Å². The predicted octanol–water partition coefficient (Wildman–Crippen LogP) is -0.404. The van der Waals surface area contributed by atoms with Crippen LogP contribution in [-0.2, 0) is 0 Å². The van der Waals surface area contributed by atoms with Crippen molar-refractivity contribution in [3.63, 3.8) is 0 Å². The molecule has 2 aliphatic heterocycles. The van der Waals surface area contributed by atoms with E-state index < -0.39 is 0 Å². The number of rotatable bonds is 2. The molecule has 0 unspecified atom stereocenters. The van der Waals surface area contributed by atoms with Crippen molar-refractivity contribution < 1.29 is 0 Å². The average molecular weight is 169 g/mol. The van der Waals surface area contributed by atoms with Crippen LogP contribution >= 0.6 is 0 Å². The van der Waals surface area contributed by atoms with Gasteiger partial charge in [-0.05, 0) is 6.54 Å². The molecule has 0 spiro atoms. The molecular formula is C9H19N3. The van der Waals surface area contributed by atoms with E-state index in [1.165, 1.54) is 45.8 Å². The van der Waals surface area contributed by atoms with E-state index in [9.17, 15) is 0 Å². The Morgan fingerprint density at radius 1 is 1.17 bits per heavy atom. The van der Waals surface area contributed by atoms with Crippen molar-refractivity contribution in [3.8, 4) is 0 Å². The van der Waals surface area contributed by atoms with Gasteiger partial charge in [-0.15, -0.1) is 0 Å². The zero-order valence-corrected chi connectivity index (χ0v) is 7.92. The summed E-state index contributed by atoms with van der Waals surface area (Å²) >= 11 is 0. The molecule has 3 heteroatoms. The Bertz CT molecular complexity index is 137. The fourth-order valence-corrected chi connectivity index (χ4v) is 1.98. The van der Waals surface area contributed by atoms with Gasteiger partial charge in [0, 0.05) is 45.3 Å². The van der Waals surface area contributed by atoms with Gasteiger partial charge in [0.15, 0.2) is 0 Å². The molecule has 0 bridgehead atoms. The van der Waals surface area contributed by atoms with Crippen molar-refractivity contribution in [1.29, 1.82) is 0 Å². The van der Waals surface area contributed by atoms with Gasteiger partial charge in [0.2, 0.25) is 0 Å². The maximum Gasteiger partial charge on any atom is 0.0346 e. The first kappa shape index (κ1) is 8.48. The summed E-state index contributed by atoms with van der Waals surface area (Å²) in [5.74, 6) is 0. The van der Waals surface area contributed by atoms with E-state index in [0.717, 1.165) is 6.04 Å². The van der Waals surface area contributed by atoms with Crippen molar-refractivity contribution in [3.05, 3.63) is 0 Å². The lowest BCUT2D eigenvalue weighted by atomic mass is 10.1. The highest BCUT2D eigenvalue weighted by molar-refractivity contribution is 4.87. The lowest BCUT2D eigenvalue weighted by Crippen LogP contribution is -2.61. The number of nitrogens with one attached hydrogen (secondary N) is 1. The topological polar surface area (TPSA) is 18.5 Å². The SMILES string of the molecule is CCN1CCN(C2CNC2)CC1. The maximum absolute atomic E-state index is 3.33. The third-order valence-electron chi connectivity index (χ3n) is 3.13. The van der Waals surface area contributed by atoms with E-state index in [4.69, 9.17) is 0 Å². The summed E-state index contributed by atoms with van der Waals surface area (Å²) in [5.41, 5.74) is 0. The fourth-order valence-electron chi connectivity index (χ4n) is 1.98. The van der Waals surface area contributed by atoms with E-state index in [-0.39, 0.29) is 0 Å². The Balaban J connectivity index is 1.74. The zero-order chi connectivity index (χ0) is 8.39. The summed E-state index contributed by atoms with van der Waals surface area (Å²) in [6.45, 7) is 11.0. The van der Waals surface area contributed by atoms with Gasteiger partial charge >= 0.3 is 0 Å². The summed E-state index contributed by atoms with van der Waals surface area (Å²) in [6.07, 6.45) is 0. The first-order valence-electron chi connectivity index (χ1n) is 5.07. The molecule has 0 aromatic carbocycles. The molecule has 70 valence electrons. The predicted molar refractivity (Wildman–Crippen MR) is 50.3 cm³/mol. The molecule has 0 aliphatic carbocycles. The summed E-state index contributed by atoms with van der Waals surface area (Å²) < 4.78 is 0. The number of likely N-dealkylation sites (N-methyl/N-ethyl adjacent to an activating group) is 1. The zero-order valence-electron chi connectivity index (χ0n) is 7.92. The van der Waals surface area contributed by atoms with Gasteiger partial charge in [0.25, 0.3) is 0 Å². The van der Waals surface area contributed by atoms with Gasteiger partial charge in [-0.3, -0.25) is 4.90 Å². The van der Waals surface area contributed by atoms with Crippen LogP contribution in [0, 0.1) is 0 Å². The van der Waals surface area contributed by atoms with Gasteiger partial charge in [-0.2, -0.15) is 0 Å². The van der Waals surface area contributed by atoms with Crippen LogP contribution < -0.4 is 5.32 Å². The third kappa shape index (κ3) is 1.63. The molecule has 2 aliphatic rings. The van der Waals surface area contributed by atoms with E-state index in [1.54, 1.807) is 0 Å². The highest BCUT2D eigenvalue weighted by atomic mass is 15.3. The monoisotopic (exact) mass is 169 g/mol. The first-order chi connectivity index (χ1) is 5.90. The fraction of sp³-hybridized carbons (Fsp3) is 1.00. The van der Waals surface area contributed by atoms with Crippen LogP contribution in [0.15, 0.2) is 0 Å². The molecule has 2 rings (SSSR count). The molecule has 1 N–H and O–H groups in total. The van der Waals surface area contributed by atoms with Crippen LogP contribution in [-0.4, -0.2) is 61.7 Å². The number of piperazine rings is 1. The molecular weight excluding hydrogens is 150 g/mol. The van der Waals surface area contributed by atoms with Gasteiger partial charge in [-0.1, -0.05) is 6.92 Å². The van der Waals surface area contributed by atoms with E-state index in [1.807, 2.05) is 0 Å². The summed E-state index contributed by atoms with van der Waals surface area (Å²) in [5, 5.41) is 3.33. The first-order valence-corrected chi connectivity index (χ1v) is 5.07. The normalized spacial score (nSPS) is 28.8. The minimum atomic E-state index is 0.851. The van der Waals surface area contributed by atoms with Crippen LogP contribution in [0.5, 0.6) is 0 Å². The van der Waals surface area contributed by atoms with Crippen LogP contribution in [0.25, 0.3) is 0 Å². The van der Waals surface area contributed by atoms with Crippen molar-refractivity contribution in [1.82, 2.24) is 15.1 Å². The minimum Gasteiger partial charge on any atom is -0.314 e. The lowest BCUT2D eigenvalue weighted by Gasteiger charge is -2.43. The van der Waals surface area contributed by atoms with E-state index in [2.05, 4.69) is 22.0 Å². The van der Waals surface area contributed by atoms with Gasteiger partial charge in [-0.25, -0.2) is 0 Å². The standard InChI is InChI=1S/C9H19N3/c1-2-11-3-5-12(6-4-11)9-7-10-8-9/h9-10H,2-8H2,1H3. The van der Waals surface area contributed by atoms with Gasteiger partial charge in [0.1, 0.15) is 0 Å². The number of hydrogen-bond donors (Lipinski definition) is 1. The number of hydrogen-bond acceptors (Lipinski definition) is 3. The molecule has 0 saturated carbocycles. The Morgan fingerprint density at radius 3 is 2.25 bits per heavy atom. The maximum atomic E-state index is 3.33. The second kappa shape index (κ2) is 3.73. The molecule has 12 heavy (non-hydrogen) atoms. The second-order valence-corrected chi connectivity index (χ2v) is 3.78. The molecule has 2 fully saturated rings. The third-order valence-corrected chi connectivity index (χ3v) is 3.13. The lowest BCUT2D eigenvalue weighted by molar-refractivity contribution is 0.0754. The molecule has 0 aromatic heterocycles. The van der Waals surface area contributed by atoms with Crippen LogP contribution in [0.3, 0.4) is 0 Å². The van der Waals surface area contributed by atoms with Crippen molar-refractivity contribution in [2.45, 2.75) is 13.0 Å². The Labute approximate surface area is 74.7 Å². The van der Waals surface area contributed by atoms with Crippen molar-refractivity contribution in [2.24, 2.45) is 0 Å².